The van der Waals surface area contributed by atoms with Crippen molar-refractivity contribution in [1.29, 1.82) is 0 Å². The summed E-state index contributed by atoms with van der Waals surface area (Å²) in [7, 11) is 1.65. The molecule has 4 rings (SSSR count). The number of amides is 1. The molecule has 1 unspecified atom stereocenters. The van der Waals surface area contributed by atoms with Gasteiger partial charge in [0.25, 0.3) is 0 Å². The molecule has 0 spiro atoms. The number of hydrogen-bond donors (Lipinski definition) is 0. The van der Waals surface area contributed by atoms with Gasteiger partial charge in [-0.05, 0) is 37.1 Å². The van der Waals surface area contributed by atoms with E-state index in [2.05, 4.69) is 5.10 Å². The van der Waals surface area contributed by atoms with Gasteiger partial charge in [0.05, 0.1) is 25.1 Å². The van der Waals surface area contributed by atoms with Gasteiger partial charge in [-0.1, -0.05) is 36.4 Å². The maximum Gasteiger partial charge on any atom is 0.246 e. The molecule has 0 bridgehead atoms. The highest BCUT2D eigenvalue weighted by Gasteiger charge is 2.22. The van der Waals surface area contributed by atoms with E-state index in [1.807, 2.05) is 65.7 Å². The lowest BCUT2D eigenvalue weighted by Crippen LogP contribution is -2.36. The fraction of sp³-hybridized carbons (Fsp3) is 0.280. The summed E-state index contributed by atoms with van der Waals surface area (Å²) in [6.07, 6.45) is 9.16. The van der Waals surface area contributed by atoms with E-state index in [4.69, 9.17) is 9.47 Å². The molecule has 2 aromatic carbocycles. The van der Waals surface area contributed by atoms with E-state index in [1.54, 1.807) is 30.1 Å². The Balaban J connectivity index is 1.49. The van der Waals surface area contributed by atoms with Crippen LogP contribution in [0.3, 0.4) is 0 Å². The van der Waals surface area contributed by atoms with Crippen molar-refractivity contribution >= 4 is 12.0 Å². The van der Waals surface area contributed by atoms with E-state index < -0.39 is 0 Å². The van der Waals surface area contributed by atoms with Crippen LogP contribution < -0.4 is 4.74 Å². The lowest BCUT2D eigenvalue weighted by Gasteiger charge is -2.25. The number of aromatic nitrogens is 2. The first-order chi connectivity index (χ1) is 15.2. The van der Waals surface area contributed by atoms with Gasteiger partial charge < -0.3 is 14.4 Å². The van der Waals surface area contributed by atoms with Crippen molar-refractivity contribution in [3.05, 3.63) is 84.2 Å². The standard InChI is InChI=1S/C25H27N3O3/c1-30-24-12-6-5-8-21(24)18-27(19-23-11-7-15-31-23)25(29)14-13-20-16-26-28(17-20)22-9-3-2-4-10-22/h2-6,8-10,12-14,16-17,23H,7,11,15,18-19H2,1H3/b14-13+. The van der Waals surface area contributed by atoms with E-state index in [-0.39, 0.29) is 12.0 Å². The monoisotopic (exact) mass is 417 g/mol. The molecule has 1 fully saturated rings. The molecule has 1 atom stereocenters. The summed E-state index contributed by atoms with van der Waals surface area (Å²) in [4.78, 5) is 14.9. The van der Waals surface area contributed by atoms with Gasteiger partial charge >= 0.3 is 0 Å². The van der Waals surface area contributed by atoms with Gasteiger partial charge in [0.2, 0.25) is 5.91 Å². The van der Waals surface area contributed by atoms with E-state index in [0.717, 1.165) is 42.0 Å². The van der Waals surface area contributed by atoms with Crippen LogP contribution in [0.5, 0.6) is 5.75 Å². The molecule has 1 saturated heterocycles. The van der Waals surface area contributed by atoms with Gasteiger partial charge in [0.1, 0.15) is 5.75 Å². The first-order valence-corrected chi connectivity index (χ1v) is 10.5. The first-order valence-electron chi connectivity index (χ1n) is 10.5. The number of hydrogen-bond acceptors (Lipinski definition) is 4. The van der Waals surface area contributed by atoms with Gasteiger partial charge in [0.15, 0.2) is 0 Å². The fourth-order valence-electron chi connectivity index (χ4n) is 3.72. The van der Waals surface area contributed by atoms with Crippen LogP contribution in [-0.2, 0) is 16.1 Å². The van der Waals surface area contributed by atoms with Crippen molar-refractivity contribution < 1.29 is 14.3 Å². The lowest BCUT2D eigenvalue weighted by atomic mass is 10.1. The van der Waals surface area contributed by atoms with Crippen molar-refractivity contribution in [2.45, 2.75) is 25.5 Å². The van der Waals surface area contributed by atoms with Crippen LogP contribution in [0, 0.1) is 0 Å². The molecule has 6 nitrogen and oxygen atoms in total. The normalized spacial score (nSPS) is 16.0. The number of para-hydroxylation sites is 2. The molecular formula is C25H27N3O3. The molecule has 1 amide bonds. The van der Waals surface area contributed by atoms with E-state index in [0.29, 0.717) is 13.1 Å². The van der Waals surface area contributed by atoms with Crippen LogP contribution in [0.1, 0.15) is 24.0 Å². The Morgan fingerprint density at radius 1 is 1.23 bits per heavy atom. The Hall–Kier alpha value is -3.38. The van der Waals surface area contributed by atoms with Crippen LogP contribution in [0.25, 0.3) is 11.8 Å². The predicted molar refractivity (Wildman–Crippen MR) is 120 cm³/mol. The SMILES string of the molecule is COc1ccccc1CN(CC1CCCO1)C(=O)/C=C/c1cnn(-c2ccccc2)c1. The zero-order chi connectivity index (χ0) is 21.5. The van der Waals surface area contributed by atoms with Gasteiger partial charge in [-0.15, -0.1) is 0 Å². The molecule has 6 heteroatoms. The third-order valence-electron chi connectivity index (χ3n) is 5.36. The summed E-state index contributed by atoms with van der Waals surface area (Å²) in [5.41, 5.74) is 2.82. The lowest BCUT2D eigenvalue weighted by molar-refractivity contribution is -0.128. The third-order valence-corrected chi connectivity index (χ3v) is 5.36. The van der Waals surface area contributed by atoms with Crippen LogP contribution in [-0.4, -0.2) is 47.0 Å². The second-order valence-corrected chi connectivity index (χ2v) is 7.55. The van der Waals surface area contributed by atoms with Gasteiger partial charge in [-0.25, -0.2) is 4.68 Å². The van der Waals surface area contributed by atoms with Gasteiger partial charge in [-0.3, -0.25) is 4.79 Å². The minimum Gasteiger partial charge on any atom is -0.496 e. The highest BCUT2D eigenvalue weighted by Crippen LogP contribution is 2.21. The number of benzene rings is 2. The average Bonchev–Trinajstić information content (AvgIpc) is 3.50. The highest BCUT2D eigenvalue weighted by atomic mass is 16.5. The molecule has 2 heterocycles. The molecule has 3 aromatic rings. The Morgan fingerprint density at radius 2 is 2.03 bits per heavy atom. The van der Waals surface area contributed by atoms with Gasteiger partial charge in [-0.2, -0.15) is 5.10 Å². The second-order valence-electron chi connectivity index (χ2n) is 7.55. The smallest absolute Gasteiger partial charge is 0.246 e. The minimum atomic E-state index is -0.0612. The molecule has 0 radical (unpaired) electrons. The van der Waals surface area contributed by atoms with E-state index in [1.165, 1.54) is 0 Å². The van der Waals surface area contributed by atoms with Gasteiger partial charge in [0, 0.05) is 43.1 Å². The average molecular weight is 418 g/mol. The molecule has 1 aliphatic heterocycles. The summed E-state index contributed by atoms with van der Waals surface area (Å²) in [5, 5.41) is 4.39. The van der Waals surface area contributed by atoms with Crippen molar-refractivity contribution in [3.63, 3.8) is 0 Å². The zero-order valence-electron chi connectivity index (χ0n) is 17.7. The maximum absolute atomic E-state index is 13.1. The van der Waals surface area contributed by atoms with Crippen LogP contribution in [0.4, 0.5) is 0 Å². The largest absolute Gasteiger partial charge is 0.496 e. The third kappa shape index (κ3) is 5.41. The van der Waals surface area contributed by atoms with Crippen LogP contribution >= 0.6 is 0 Å². The predicted octanol–water partition coefficient (Wildman–Crippen LogP) is 4.10. The summed E-state index contributed by atoms with van der Waals surface area (Å²) >= 11 is 0. The molecule has 0 saturated carbocycles. The molecule has 1 aliphatic rings. The van der Waals surface area contributed by atoms with Crippen LogP contribution in [0.15, 0.2) is 73.1 Å². The Bertz CT molecular complexity index is 1020. The van der Waals surface area contributed by atoms with E-state index in [9.17, 15) is 4.79 Å². The Morgan fingerprint density at radius 3 is 2.81 bits per heavy atom. The molecule has 0 N–H and O–H groups in total. The van der Waals surface area contributed by atoms with Crippen molar-refractivity contribution in [3.8, 4) is 11.4 Å². The van der Waals surface area contributed by atoms with Crippen molar-refractivity contribution in [2.75, 3.05) is 20.3 Å². The second kappa shape index (κ2) is 10.1. The number of methoxy groups -OCH3 is 1. The number of nitrogens with zero attached hydrogens (tertiary/aromatic N) is 3. The zero-order valence-corrected chi connectivity index (χ0v) is 17.7. The maximum atomic E-state index is 13.1. The number of carbonyl (C=O) groups is 1. The molecule has 160 valence electrons. The first kappa shape index (κ1) is 20.9. The molecular weight excluding hydrogens is 390 g/mol. The summed E-state index contributed by atoms with van der Waals surface area (Å²) in [6, 6.07) is 17.7. The van der Waals surface area contributed by atoms with Crippen molar-refractivity contribution in [2.24, 2.45) is 0 Å². The fourth-order valence-corrected chi connectivity index (χ4v) is 3.72. The summed E-state index contributed by atoms with van der Waals surface area (Å²) in [5.74, 6) is 0.717. The van der Waals surface area contributed by atoms with Crippen LogP contribution in [0.2, 0.25) is 0 Å². The highest BCUT2D eigenvalue weighted by molar-refractivity contribution is 5.91. The van der Waals surface area contributed by atoms with E-state index >= 15 is 0 Å². The molecule has 1 aromatic heterocycles. The number of ether oxygens (including phenoxy) is 2. The minimum absolute atomic E-state index is 0.0612. The molecule has 31 heavy (non-hydrogen) atoms. The Labute approximate surface area is 182 Å². The topological polar surface area (TPSA) is 56.6 Å². The summed E-state index contributed by atoms with van der Waals surface area (Å²) in [6.45, 7) is 1.79. The molecule has 0 aliphatic carbocycles. The quantitative estimate of drug-likeness (QED) is 0.518. The number of rotatable bonds is 8. The van der Waals surface area contributed by atoms with Crippen molar-refractivity contribution in [1.82, 2.24) is 14.7 Å². The Kier molecular flexibility index (Phi) is 6.79. The summed E-state index contributed by atoms with van der Waals surface area (Å²) < 4.78 is 13.0. The number of carbonyl (C=O) groups excluding carboxylic acids is 1.